The fraction of sp³-hybridized carbons (Fsp3) is 0.550. The Balaban J connectivity index is 1.97. The van der Waals surface area contributed by atoms with Gasteiger partial charge in [-0.15, -0.1) is 0 Å². The van der Waals surface area contributed by atoms with Gasteiger partial charge in [-0.1, -0.05) is 32.9 Å². The molecule has 1 saturated heterocycles. The van der Waals surface area contributed by atoms with Crippen molar-refractivity contribution in [1.29, 1.82) is 0 Å². The summed E-state index contributed by atoms with van der Waals surface area (Å²) in [4.78, 5) is 35.6. The number of ether oxygens (including phenoxy) is 1. The molecule has 154 valence electrons. The second kappa shape index (κ2) is 8.53. The highest BCUT2D eigenvalue weighted by Crippen LogP contribution is 2.25. The number of carbonyl (C=O) groups excluding carboxylic acids is 3. The molecule has 2 rings (SSSR count). The van der Waals surface area contributed by atoms with Crippen LogP contribution >= 0.6 is 0 Å². The van der Waals surface area contributed by atoms with Gasteiger partial charge < -0.3 is 4.74 Å². The second-order valence-corrected chi connectivity index (χ2v) is 9.98. The molecule has 7 nitrogen and oxygen atoms in total. The maximum absolute atomic E-state index is 12.8. The molecule has 0 N–H and O–H groups in total. The van der Waals surface area contributed by atoms with E-state index < -0.39 is 27.3 Å². The van der Waals surface area contributed by atoms with Crippen molar-refractivity contribution < 1.29 is 27.5 Å². The molecule has 0 spiro atoms. The lowest BCUT2D eigenvalue weighted by molar-refractivity contribution is -0.154. The molecule has 0 amide bonds. The van der Waals surface area contributed by atoms with Crippen molar-refractivity contribution in [3.63, 3.8) is 0 Å². The number of Topliss-reactive ketones (excluding diaryl/α,β-unsaturated/α-hetero) is 2. The minimum absolute atomic E-state index is 0.0667. The van der Waals surface area contributed by atoms with Gasteiger partial charge in [0, 0.05) is 24.1 Å². The average Bonchev–Trinajstić information content (AvgIpc) is 2.65. The van der Waals surface area contributed by atoms with E-state index in [0.717, 1.165) is 0 Å². The fourth-order valence-electron chi connectivity index (χ4n) is 2.83. The molecule has 1 aliphatic rings. The van der Waals surface area contributed by atoms with Gasteiger partial charge >= 0.3 is 5.97 Å². The second-order valence-electron chi connectivity index (χ2n) is 8.04. The number of benzene rings is 1. The molecule has 0 unspecified atom stereocenters. The monoisotopic (exact) mass is 409 g/mol. The Labute approximate surface area is 166 Å². The third-order valence-corrected chi connectivity index (χ3v) is 6.74. The van der Waals surface area contributed by atoms with Crippen LogP contribution in [0.3, 0.4) is 0 Å². The van der Waals surface area contributed by atoms with Crippen molar-refractivity contribution in [2.75, 3.05) is 19.7 Å². The molecule has 1 heterocycles. The van der Waals surface area contributed by atoms with Crippen LogP contribution in [-0.2, 0) is 24.3 Å². The number of esters is 1. The Hall–Kier alpha value is -2.06. The molecule has 0 bridgehead atoms. The molecule has 0 saturated carbocycles. The van der Waals surface area contributed by atoms with E-state index in [-0.39, 0.29) is 36.2 Å². The van der Waals surface area contributed by atoms with Crippen LogP contribution < -0.4 is 0 Å². The highest BCUT2D eigenvalue weighted by molar-refractivity contribution is 7.89. The maximum atomic E-state index is 12.8. The molecule has 1 fully saturated rings. The molecular formula is C20H27NO6S. The molecule has 0 atom stereocenters. The van der Waals surface area contributed by atoms with Crippen LogP contribution in [0.15, 0.2) is 29.2 Å². The van der Waals surface area contributed by atoms with E-state index in [1.807, 2.05) is 0 Å². The summed E-state index contributed by atoms with van der Waals surface area (Å²) < 4.78 is 32.1. The van der Waals surface area contributed by atoms with Crippen LogP contribution in [0.2, 0.25) is 0 Å². The molecule has 0 radical (unpaired) electrons. The van der Waals surface area contributed by atoms with E-state index in [9.17, 15) is 22.8 Å². The average molecular weight is 410 g/mol. The summed E-state index contributed by atoms with van der Waals surface area (Å²) in [5.74, 6) is -1.26. The Morgan fingerprint density at radius 3 is 2.29 bits per heavy atom. The molecule has 0 aromatic heterocycles. The molecule has 1 aromatic rings. The third-order valence-electron chi connectivity index (χ3n) is 4.85. The van der Waals surface area contributed by atoms with Gasteiger partial charge in [0.25, 0.3) is 0 Å². The fourth-order valence-corrected chi connectivity index (χ4v) is 4.34. The Bertz CT molecular complexity index is 861. The van der Waals surface area contributed by atoms with Crippen molar-refractivity contribution in [2.24, 2.45) is 11.3 Å². The number of sulfonamides is 1. The number of hydrogen-bond donors (Lipinski definition) is 0. The molecule has 0 aliphatic carbocycles. The van der Waals surface area contributed by atoms with Crippen LogP contribution in [0.25, 0.3) is 0 Å². The first-order valence-electron chi connectivity index (χ1n) is 9.24. The summed E-state index contributed by atoms with van der Waals surface area (Å²) in [7, 11) is -3.74. The number of ketones is 2. The van der Waals surface area contributed by atoms with Gasteiger partial charge in [-0.2, -0.15) is 4.31 Å². The zero-order valence-electron chi connectivity index (χ0n) is 16.7. The first kappa shape index (κ1) is 22.2. The van der Waals surface area contributed by atoms with Gasteiger partial charge in [0.05, 0.1) is 10.8 Å². The number of carbonyl (C=O) groups is 3. The van der Waals surface area contributed by atoms with Crippen LogP contribution in [0.1, 0.15) is 50.9 Å². The Morgan fingerprint density at radius 1 is 1.14 bits per heavy atom. The van der Waals surface area contributed by atoms with Gasteiger partial charge in [-0.25, -0.2) is 8.42 Å². The normalized spacial score (nSPS) is 16.6. The largest absolute Gasteiger partial charge is 0.457 e. The zero-order chi connectivity index (χ0) is 21.1. The molecule has 1 aromatic carbocycles. The van der Waals surface area contributed by atoms with Gasteiger partial charge in [-0.3, -0.25) is 14.4 Å². The van der Waals surface area contributed by atoms with E-state index in [1.54, 1.807) is 32.9 Å². The molecule has 1 aliphatic heterocycles. The van der Waals surface area contributed by atoms with Crippen LogP contribution in [-0.4, -0.2) is 50.0 Å². The van der Waals surface area contributed by atoms with Crippen molar-refractivity contribution >= 4 is 27.6 Å². The summed E-state index contributed by atoms with van der Waals surface area (Å²) in [6.45, 7) is 6.75. The zero-order valence-corrected chi connectivity index (χ0v) is 17.5. The van der Waals surface area contributed by atoms with Gasteiger partial charge in [0.2, 0.25) is 10.0 Å². The van der Waals surface area contributed by atoms with E-state index in [4.69, 9.17) is 4.74 Å². The SMILES string of the molecule is CC(=O)c1cccc(S(=O)(=O)N2CCC(C(=O)OCC(=O)C(C)(C)C)CC2)c1. The third kappa shape index (κ3) is 5.26. The topological polar surface area (TPSA) is 97.8 Å². The first-order chi connectivity index (χ1) is 12.9. The smallest absolute Gasteiger partial charge is 0.309 e. The summed E-state index contributed by atoms with van der Waals surface area (Å²) in [5, 5.41) is 0. The minimum atomic E-state index is -3.74. The Kier molecular flexibility index (Phi) is 6.77. The summed E-state index contributed by atoms with van der Waals surface area (Å²) in [6, 6.07) is 5.94. The van der Waals surface area contributed by atoms with Gasteiger partial charge in [0.1, 0.15) is 0 Å². The van der Waals surface area contributed by atoms with Gasteiger partial charge in [0.15, 0.2) is 18.2 Å². The van der Waals surface area contributed by atoms with Crippen molar-refractivity contribution in [2.45, 2.75) is 45.4 Å². The highest BCUT2D eigenvalue weighted by Gasteiger charge is 2.33. The minimum Gasteiger partial charge on any atom is -0.457 e. The number of piperidine rings is 1. The summed E-state index contributed by atoms with van der Waals surface area (Å²) >= 11 is 0. The summed E-state index contributed by atoms with van der Waals surface area (Å²) in [5.41, 5.74) is -0.241. The lowest BCUT2D eigenvalue weighted by atomic mass is 9.91. The highest BCUT2D eigenvalue weighted by atomic mass is 32.2. The predicted molar refractivity (Wildman–Crippen MR) is 103 cm³/mol. The quantitative estimate of drug-likeness (QED) is 0.529. The summed E-state index contributed by atoms with van der Waals surface area (Å²) in [6.07, 6.45) is 0.655. The van der Waals surface area contributed by atoms with Gasteiger partial charge in [-0.05, 0) is 31.9 Å². The first-order valence-corrected chi connectivity index (χ1v) is 10.7. The van der Waals surface area contributed by atoms with E-state index in [2.05, 4.69) is 0 Å². The lowest BCUT2D eigenvalue weighted by Crippen LogP contribution is -2.41. The van der Waals surface area contributed by atoms with E-state index in [1.165, 1.54) is 23.4 Å². The maximum Gasteiger partial charge on any atom is 0.309 e. The van der Waals surface area contributed by atoms with Crippen molar-refractivity contribution in [3.8, 4) is 0 Å². The molecule has 8 heteroatoms. The van der Waals surface area contributed by atoms with E-state index in [0.29, 0.717) is 18.4 Å². The van der Waals surface area contributed by atoms with E-state index >= 15 is 0 Å². The van der Waals surface area contributed by atoms with Crippen LogP contribution in [0.4, 0.5) is 0 Å². The van der Waals surface area contributed by atoms with Crippen LogP contribution in [0.5, 0.6) is 0 Å². The van der Waals surface area contributed by atoms with Crippen LogP contribution in [0, 0.1) is 11.3 Å². The predicted octanol–water partition coefficient (Wildman–Crippen LogP) is 2.45. The van der Waals surface area contributed by atoms with Crippen molar-refractivity contribution in [3.05, 3.63) is 29.8 Å². The number of nitrogens with zero attached hydrogens (tertiary/aromatic N) is 1. The number of hydrogen-bond acceptors (Lipinski definition) is 6. The molecular weight excluding hydrogens is 382 g/mol. The molecule has 28 heavy (non-hydrogen) atoms. The lowest BCUT2D eigenvalue weighted by Gasteiger charge is -2.30. The number of rotatable bonds is 6. The standard InChI is InChI=1S/C20H27NO6S/c1-14(22)16-6-5-7-17(12-16)28(25,26)21-10-8-15(9-11-21)19(24)27-13-18(23)20(2,3)4/h5-7,12,15H,8-11,13H2,1-4H3. The van der Waals surface area contributed by atoms with Crippen molar-refractivity contribution in [1.82, 2.24) is 4.31 Å². The Morgan fingerprint density at radius 2 is 1.75 bits per heavy atom.